The SMILES string of the molecule is Nc1ccccc1NC(=O)c1ccc(OCCNC(=O)c2oc3ccccc3c2COC(F)(F)F)cc1. The van der Waals surface area contributed by atoms with Crippen LogP contribution in [0.25, 0.3) is 11.0 Å². The van der Waals surface area contributed by atoms with Crippen LogP contribution in [-0.2, 0) is 11.3 Å². The standard InChI is InChI=1S/C26H22F3N3O5/c27-26(28,29)36-15-19-18-5-1-4-8-22(18)37-23(19)25(34)31-13-14-35-17-11-9-16(10-12-17)24(33)32-21-7-3-2-6-20(21)30/h1-12H,13-15,30H2,(H,31,34)(H,32,33). The maximum absolute atomic E-state index is 12.6. The molecule has 0 aliphatic heterocycles. The fourth-order valence-electron chi connectivity index (χ4n) is 3.50. The zero-order chi connectivity index (χ0) is 26.4. The molecular weight excluding hydrogens is 491 g/mol. The van der Waals surface area contributed by atoms with Crippen LogP contribution in [0.1, 0.15) is 26.5 Å². The van der Waals surface area contributed by atoms with Crippen LogP contribution >= 0.6 is 0 Å². The van der Waals surface area contributed by atoms with E-state index in [0.717, 1.165) is 0 Å². The number of carbonyl (C=O) groups is 2. The average Bonchev–Trinajstić information content (AvgIpc) is 3.25. The highest BCUT2D eigenvalue weighted by atomic mass is 19.4. The molecule has 0 bridgehead atoms. The molecule has 1 heterocycles. The molecule has 4 aromatic rings. The summed E-state index contributed by atoms with van der Waals surface area (Å²) in [5, 5.41) is 5.64. The molecule has 8 nitrogen and oxygen atoms in total. The summed E-state index contributed by atoms with van der Waals surface area (Å²) in [5.41, 5.74) is 7.44. The number of hydrogen-bond acceptors (Lipinski definition) is 6. The molecule has 11 heteroatoms. The summed E-state index contributed by atoms with van der Waals surface area (Å²) < 4.78 is 52.7. The molecule has 0 aliphatic rings. The maximum Gasteiger partial charge on any atom is 0.522 e. The average molecular weight is 513 g/mol. The lowest BCUT2D eigenvalue weighted by Gasteiger charge is -2.10. The molecule has 4 N–H and O–H groups in total. The normalized spacial score (nSPS) is 11.3. The number of rotatable bonds is 9. The maximum atomic E-state index is 12.6. The molecule has 4 rings (SSSR count). The lowest BCUT2D eigenvalue weighted by atomic mass is 10.1. The highest BCUT2D eigenvalue weighted by Crippen LogP contribution is 2.29. The van der Waals surface area contributed by atoms with Crippen molar-refractivity contribution in [3.8, 4) is 5.75 Å². The Balaban J connectivity index is 1.31. The quantitative estimate of drug-likeness (QED) is 0.212. The molecular formula is C26H22F3N3O5. The van der Waals surface area contributed by atoms with Crippen molar-refractivity contribution in [1.82, 2.24) is 5.32 Å². The van der Waals surface area contributed by atoms with Gasteiger partial charge in [0.1, 0.15) is 17.9 Å². The summed E-state index contributed by atoms with van der Waals surface area (Å²) >= 11 is 0. The van der Waals surface area contributed by atoms with Gasteiger partial charge in [0.15, 0.2) is 5.76 Å². The fourth-order valence-corrected chi connectivity index (χ4v) is 3.50. The molecule has 0 saturated carbocycles. The highest BCUT2D eigenvalue weighted by Gasteiger charge is 2.31. The zero-order valence-electron chi connectivity index (χ0n) is 19.3. The van der Waals surface area contributed by atoms with Gasteiger partial charge in [-0.05, 0) is 42.5 Å². The first-order valence-electron chi connectivity index (χ1n) is 11.1. The number of amides is 2. The van der Waals surface area contributed by atoms with Crippen molar-refractivity contribution in [2.24, 2.45) is 0 Å². The van der Waals surface area contributed by atoms with E-state index in [1.54, 1.807) is 72.8 Å². The predicted molar refractivity (Wildman–Crippen MR) is 130 cm³/mol. The first-order chi connectivity index (χ1) is 17.7. The Morgan fingerprint density at radius 2 is 1.62 bits per heavy atom. The van der Waals surface area contributed by atoms with Crippen LogP contribution in [0.5, 0.6) is 5.75 Å². The Morgan fingerprint density at radius 3 is 2.35 bits per heavy atom. The summed E-state index contributed by atoms with van der Waals surface area (Å²) in [4.78, 5) is 25.0. The Morgan fingerprint density at radius 1 is 0.919 bits per heavy atom. The van der Waals surface area contributed by atoms with E-state index in [2.05, 4.69) is 15.4 Å². The van der Waals surface area contributed by atoms with E-state index in [0.29, 0.717) is 28.1 Å². The molecule has 0 saturated heterocycles. The van der Waals surface area contributed by atoms with Gasteiger partial charge >= 0.3 is 6.36 Å². The number of nitrogens with two attached hydrogens (primary N) is 1. The van der Waals surface area contributed by atoms with E-state index >= 15 is 0 Å². The summed E-state index contributed by atoms with van der Waals surface area (Å²) in [6.07, 6.45) is -4.86. The second kappa shape index (κ2) is 11.0. The summed E-state index contributed by atoms with van der Waals surface area (Å²) in [7, 11) is 0. The van der Waals surface area contributed by atoms with E-state index in [4.69, 9.17) is 14.9 Å². The predicted octanol–water partition coefficient (Wildman–Crippen LogP) is 5.11. The Labute approximate surface area is 209 Å². The topological polar surface area (TPSA) is 116 Å². The molecule has 0 radical (unpaired) electrons. The van der Waals surface area contributed by atoms with Gasteiger partial charge < -0.3 is 25.5 Å². The molecule has 0 spiro atoms. The molecule has 2 amide bonds. The summed E-state index contributed by atoms with van der Waals surface area (Å²) in [5.74, 6) is -0.853. The van der Waals surface area contributed by atoms with Crippen molar-refractivity contribution in [2.75, 3.05) is 24.2 Å². The molecule has 0 atom stereocenters. The van der Waals surface area contributed by atoms with E-state index in [1.165, 1.54) is 0 Å². The van der Waals surface area contributed by atoms with Crippen molar-refractivity contribution in [3.63, 3.8) is 0 Å². The number of halogens is 3. The molecule has 0 fully saturated rings. The third-order valence-corrected chi connectivity index (χ3v) is 5.27. The third kappa shape index (κ3) is 6.58. The zero-order valence-corrected chi connectivity index (χ0v) is 19.3. The van der Waals surface area contributed by atoms with Crippen LogP contribution in [0, 0.1) is 0 Å². The van der Waals surface area contributed by atoms with E-state index < -0.39 is 18.9 Å². The van der Waals surface area contributed by atoms with Gasteiger partial charge in [0.2, 0.25) is 0 Å². The van der Waals surface area contributed by atoms with Crippen LogP contribution < -0.4 is 21.1 Å². The van der Waals surface area contributed by atoms with E-state index in [-0.39, 0.29) is 36.0 Å². The molecule has 37 heavy (non-hydrogen) atoms. The minimum Gasteiger partial charge on any atom is -0.492 e. The molecule has 1 aromatic heterocycles. The van der Waals surface area contributed by atoms with Gasteiger partial charge in [0.05, 0.1) is 24.5 Å². The molecule has 0 aliphatic carbocycles. The smallest absolute Gasteiger partial charge is 0.492 e. The lowest BCUT2D eigenvalue weighted by Crippen LogP contribution is -2.28. The van der Waals surface area contributed by atoms with Gasteiger partial charge in [-0.15, -0.1) is 13.2 Å². The van der Waals surface area contributed by atoms with Crippen molar-refractivity contribution in [2.45, 2.75) is 13.0 Å². The minimum atomic E-state index is -4.86. The lowest BCUT2D eigenvalue weighted by molar-refractivity contribution is -0.330. The van der Waals surface area contributed by atoms with Crippen LogP contribution in [0.3, 0.4) is 0 Å². The monoisotopic (exact) mass is 513 g/mol. The number of benzene rings is 3. The number of nitrogen functional groups attached to an aromatic ring is 1. The number of hydrogen-bond donors (Lipinski definition) is 3. The Hall–Kier alpha value is -4.51. The van der Waals surface area contributed by atoms with Crippen LogP contribution in [0.2, 0.25) is 0 Å². The van der Waals surface area contributed by atoms with Crippen LogP contribution in [-0.4, -0.2) is 31.3 Å². The number of carbonyl (C=O) groups excluding carboxylic acids is 2. The van der Waals surface area contributed by atoms with Gasteiger partial charge in [-0.1, -0.05) is 30.3 Å². The number of furan rings is 1. The molecule has 0 unspecified atom stereocenters. The van der Waals surface area contributed by atoms with E-state index in [9.17, 15) is 22.8 Å². The second-order valence-corrected chi connectivity index (χ2v) is 7.81. The first kappa shape index (κ1) is 25.6. The summed E-state index contributed by atoms with van der Waals surface area (Å²) in [6.45, 7) is -0.756. The number of nitrogens with one attached hydrogen (secondary N) is 2. The van der Waals surface area contributed by atoms with E-state index in [1.807, 2.05) is 0 Å². The second-order valence-electron chi connectivity index (χ2n) is 7.81. The van der Waals surface area contributed by atoms with Crippen molar-refractivity contribution in [1.29, 1.82) is 0 Å². The van der Waals surface area contributed by atoms with Gasteiger partial charge in [-0.3, -0.25) is 14.3 Å². The Bertz CT molecular complexity index is 1400. The number of anilines is 2. The molecule has 192 valence electrons. The van der Waals surface area contributed by atoms with Crippen molar-refractivity contribution < 1.29 is 36.7 Å². The minimum absolute atomic E-state index is 0.00234. The van der Waals surface area contributed by atoms with Gasteiger partial charge in [-0.25, -0.2) is 0 Å². The number of fused-ring (bicyclic) bond motifs is 1. The fraction of sp³-hybridized carbons (Fsp3) is 0.154. The van der Waals surface area contributed by atoms with Gasteiger partial charge in [-0.2, -0.15) is 0 Å². The number of para-hydroxylation sites is 3. The number of ether oxygens (including phenoxy) is 2. The largest absolute Gasteiger partial charge is 0.522 e. The first-order valence-corrected chi connectivity index (χ1v) is 11.1. The third-order valence-electron chi connectivity index (χ3n) is 5.27. The Kier molecular flexibility index (Phi) is 7.63. The summed E-state index contributed by atoms with van der Waals surface area (Å²) in [6, 6.07) is 19.6. The van der Waals surface area contributed by atoms with Crippen LogP contribution in [0.4, 0.5) is 24.5 Å². The van der Waals surface area contributed by atoms with Gasteiger partial charge in [0.25, 0.3) is 11.8 Å². The molecule has 3 aromatic carbocycles. The highest BCUT2D eigenvalue weighted by molar-refractivity contribution is 6.05. The van der Waals surface area contributed by atoms with Crippen molar-refractivity contribution >= 4 is 34.2 Å². The van der Waals surface area contributed by atoms with Crippen molar-refractivity contribution in [3.05, 3.63) is 89.7 Å². The van der Waals surface area contributed by atoms with Gasteiger partial charge in [0, 0.05) is 16.5 Å². The number of alkyl halides is 3. The van der Waals surface area contributed by atoms with Crippen LogP contribution in [0.15, 0.2) is 77.2 Å².